The van der Waals surface area contributed by atoms with Crippen molar-refractivity contribution in [1.82, 2.24) is 0 Å². The molecule has 2 nitrogen and oxygen atoms in total. The number of nitriles is 2. The highest BCUT2D eigenvalue weighted by Gasteiger charge is 2.34. The molecule has 0 aliphatic heterocycles. The fraction of sp³-hybridized carbons (Fsp3) is 0. The van der Waals surface area contributed by atoms with Crippen LogP contribution in [0.15, 0.2) is 170 Å². The van der Waals surface area contributed by atoms with Crippen molar-refractivity contribution >= 4 is 43.1 Å². The van der Waals surface area contributed by atoms with Gasteiger partial charge in [0.05, 0.1) is 23.3 Å². The molecule has 10 aromatic carbocycles. The molecule has 0 aromatic heterocycles. The van der Waals surface area contributed by atoms with Crippen molar-refractivity contribution in [2.45, 2.75) is 0 Å². The van der Waals surface area contributed by atoms with Gasteiger partial charge in [-0.1, -0.05) is 146 Å². The van der Waals surface area contributed by atoms with Crippen molar-refractivity contribution in [2.24, 2.45) is 0 Å². The first-order valence-electron chi connectivity index (χ1n) is 18.2. The number of benzene rings is 10. The molecule has 0 saturated carbocycles. The summed E-state index contributed by atoms with van der Waals surface area (Å²) < 4.78 is 0. The van der Waals surface area contributed by atoms with Gasteiger partial charge in [-0.2, -0.15) is 10.5 Å². The van der Waals surface area contributed by atoms with Crippen LogP contribution >= 0.6 is 0 Å². The van der Waals surface area contributed by atoms with Gasteiger partial charge in [0.25, 0.3) is 0 Å². The van der Waals surface area contributed by atoms with Crippen LogP contribution in [0.4, 0.5) is 0 Å². The van der Waals surface area contributed by atoms with E-state index in [1.54, 1.807) is 0 Å². The van der Waals surface area contributed by atoms with E-state index in [9.17, 15) is 10.5 Å². The summed E-state index contributed by atoms with van der Waals surface area (Å²) in [5, 5.41) is 29.9. The molecular formula is C52H28N2. The van der Waals surface area contributed by atoms with E-state index in [0.29, 0.717) is 11.1 Å². The first-order chi connectivity index (χ1) is 26.7. The first kappa shape index (κ1) is 30.1. The van der Waals surface area contributed by atoms with Crippen LogP contribution in [0.5, 0.6) is 0 Å². The molecule has 0 spiro atoms. The molecule has 246 valence electrons. The van der Waals surface area contributed by atoms with E-state index in [4.69, 9.17) is 0 Å². The van der Waals surface area contributed by atoms with Crippen molar-refractivity contribution < 1.29 is 0 Å². The Balaban J connectivity index is 1.40. The molecule has 0 atom stereocenters. The van der Waals surface area contributed by atoms with Gasteiger partial charge in [0.1, 0.15) is 0 Å². The van der Waals surface area contributed by atoms with Crippen molar-refractivity contribution in [3.8, 4) is 78.9 Å². The van der Waals surface area contributed by atoms with Crippen LogP contribution in [0.1, 0.15) is 11.1 Å². The van der Waals surface area contributed by atoms with Gasteiger partial charge in [-0.25, -0.2) is 0 Å². The third-order valence-corrected chi connectivity index (χ3v) is 11.4. The summed E-state index contributed by atoms with van der Waals surface area (Å²) in [6.45, 7) is 0. The minimum atomic E-state index is 0.617. The molecule has 0 fully saturated rings. The van der Waals surface area contributed by atoms with E-state index < -0.39 is 0 Å². The third kappa shape index (κ3) is 4.14. The molecule has 0 N–H and O–H groups in total. The van der Waals surface area contributed by atoms with Gasteiger partial charge < -0.3 is 0 Å². The zero-order chi connectivity index (χ0) is 35.9. The fourth-order valence-corrected chi connectivity index (χ4v) is 9.23. The van der Waals surface area contributed by atoms with Crippen molar-refractivity contribution in [3.05, 3.63) is 181 Å². The molecule has 2 heteroatoms. The lowest BCUT2D eigenvalue weighted by Gasteiger charge is -2.26. The van der Waals surface area contributed by atoms with E-state index in [2.05, 4.69) is 158 Å². The lowest BCUT2D eigenvalue weighted by atomic mass is 9.76. The smallest absolute Gasteiger partial charge is 0.0991 e. The van der Waals surface area contributed by atoms with Crippen LogP contribution in [0, 0.1) is 22.7 Å². The molecule has 1 aliphatic carbocycles. The van der Waals surface area contributed by atoms with Gasteiger partial charge in [0.2, 0.25) is 0 Å². The maximum atomic E-state index is 9.82. The van der Waals surface area contributed by atoms with Gasteiger partial charge in [-0.15, -0.1) is 0 Å². The second-order valence-corrected chi connectivity index (χ2v) is 14.1. The average Bonchev–Trinajstić information content (AvgIpc) is 3.58. The Morgan fingerprint density at radius 3 is 1.09 bits per heavy atom. The Labute approximate surface area is 312 Å². The van der Waals surface area contributed by atoms with E-state index in [1.165, 1.54) is 65.3 Å². The van der Waals surface area contributed by atoms with Crippen LogP contribution in [-0.2, 0) is 0 Å². The summed E-state index contributed by atoms with van der Waals surface area (Å²) in [5.74, 6) is 0. The largest absolute Gasteiger partial charge is 0.192 e. The lowest BCUT2D eigenvalue weighted by Crippen LogP contribution is -1.99. The molecule has 0 saturated heterocycles. The number of nitrogens with zero attached hydrogens (tertiary/aromatic N) is 2. The van der Waals surface area contributed by atoms with Crippen LogP contribution in [0.2, 0.25) is 0 Å². The van der Waals surface area contributed by atoms with Crippen LogP contribution in [0.25, 0.3) is 110 Å². The molecule has 1 aliphatic rings. The Kier molecular flexibility index (Phi) is 6.41. The number of hydrogen-bond donors (Lipinski definition) is 0. The number of hydrogen-bond acceptors (Lipinski definition) is 2. The molecule has 0 amide bonds. The van der Waals surface area contributed by atoms with Gasteiger partial charge in [-0.3, -0.25) is 0 Å². The zero-order valence-electron chi connectivity index (χ0n) is 29.1. The van der Waals surface area contributed by atoms with Gasteiger partial charge in [0.15, 0.2) is 0 Å². The Morgan fingerprint density at radius 2 is 0.667 bits per heavy atom. The molecule has 0 heterocycles. The predicted octanol–water partition coefficient (Wildman–Crippen LogP) is 13.8. The highest BCUT2D eigenvalue weighted by atomic mass is 14.4. The van der Waals surface area contributed by atoms with Gasteiger partial charge in [-0.05, 0) is 134 Å². The maximum absolute atomic E-state index is 9.82. The molecule has 54 heavy (non-hydrogen) atoms. The Morgan fingerprint density at radius 1 is 0.278 bits per heavy atom. The minimum absolute atomic E-state index is 0.617. The van der Waals surface area contributed by atoms with Crippen LogP contribution in [0.3, 0.4) is 0 Å². The molecule has 0 bridgehead atoms. The summed E-state index contributed by atoms with van der Waals surface area (Å²) in [6.07, 6.45) is 0. The molecular weight excluding hydrogens is 653 g/mol. The molecule has 11 rings (SSSR count). The van der Waals surface area contributed by atoms with Crippen molar-refractivity contribution in [1.29, 1.82) is 10.5 Å². The maximum Gasteiger partial charge on any atom is 0.0991 e. The molecule has 0 unspecified atom stereocenters. The number of fused-ring (bicyclic) bond motifs is 5. The quantitative estimate of drug-likeness (QED) is 0.137. The first-order valence-corrected chi connectivity index (χ1v) is 18.2. The number of rotatable bonds is 4. The minimum Gasteiger partial charge on any atom is -0.192 e. The fourth-order valence-electron chi connectivity index (χ4n) is 9.23. The van der Waals surface area contributed by atoms with Crippen LogP contribution < -0.4 is 0 Å². The third-order valence-electron chi connectivity index (χ3n) is 11.4. The SMILES string of the molecule is N#Cc1ccc(-c2c(-c3ccc(C#N)cc3)c(-c3ccccc3)c3c(c2-c2ccccc2)-c2ccc4c5cccc6cccc(c7ccc-3c2c47)c65)cc1. The Bertz CT molecular complexity index is 3020. The second kappa shape index (κ2) is 11.5. The summed E-state index contributed by atoms with van der Waals surface area (Å²) in [5.41, 5.74) is 14.9. The normalized spacial score (nSPS) is 11.7. The monoisotopic (exact) mass is 680 g/mol. The Hall–Kier alpha value is -7.52. The zero-order valence-corrected chi connectivity index (χ0v) is 29.1. The topological polar surface area (TPSA) is 47.6 Å². The summed E-state index contributed by atoms with van der Waals surface area (Å²) >= 11 is 0. The van der Waals surface area contributed by atoms with Crippen LogP contribution in [-0.4, -0.2) is 0 Å². The van der Waals surface area contributed by atoms with E-state index in [1.807, 2.05) is 24.3 Å². The standard InChI is InChI=1S/C52H28N2/c53-29-31-17-21-36(22-18-31)45-46(37-23-19-32(30-54)20-24-37)48(35-11-5-2-6-12-35)52-43-28-26-41-39-16-8-14-33-13-7-15-38(44(33)39)40-25-27-42(50(43)49(40)41)51(52)47(45)34-9-3-1-4-10-34/h1-28H. The van der Waals surface area contributed by atoms with E-state index >= 15 is 0 Å². The molecule has 0 radical (unpaired) electrons. The van der Waals surface area contributed by atoms with Crippen molar-refractivity contribution in [3.63, 3.8) is 0 Å². The predicted molar refractivity (Wildman–Crippen MR) is 223 cm³/mol. The second-order valence-electron chi connectivity index (χ2n) is 14.1. The summed E-state index contributed by atoms with van der Waals surface area (Å²) in [4.78, 5) is 0. The van der Waals surface area contributed by atoms with Gasteiger partial charge in [0, 0.05) is 0 Å². The van der Waals surface area contributed by atoms with E-state index in [-0.39, 0.29) is 0 Å². The van der Waals surface area contributed by atoms with E-state index in [0.717, 1.165) is 44.5 Å². The lowest BCUT2D eigenvalue weighted by molar-refractivity contribution is 1.47. The summed E-state index contributed by atoms with van der Waals surface area (Å²) in [6, 6.07) is 64.9. The van der Waals surface area contributed by atoms with Gasteiger partial charge >= 0.3 is 0 Å². The highest BCUT2D eigenvalue weighted by molar-refractivity contribution is 6.38. The molecule has 10 aromatic rings. The van der Waals surface area contributed by atoms with Crippen molar-refractivity contribution in [2.75, 3.05) is 0 Å². The average molecular weight is 681 g/mol. The highest BCUT2D eigenvalue weighted by Crippen LogP contribution is 2.62. The summed E-state index contributed by atoms with van der Waals surface area (Å²) in [7, 11) is 0.